The van der Waals surface area contributed by atoms with Crippen molar-refractivity contribution in [3.63, 3.8) is 0 Å². The molecule has 0 radical (unpaired) electrons. The standard InChI is InChI=1S/C10H16N2O/c1-2-12-7-6-11-9(12)8-10(13)4-3-5-10/h6-7,13H,2-5,8H2,1H3. The summed E-state index contributed by atoms with van der Waals surface area (Å²) in [4.78, 5) is 4.26. The second kappa shape index (κ2) is 3.14. The fraction of sp³-hybridized carbons (Fsp3) is 0.700. The fourth-order valence-corrected chi connectivity index (χ4v) is 1.85. The van der Waals surface area contributed by atoms with Crippen molar-refractivity contribution in [3.8, 4) is 0 Å². The average molecular weight is 180 g/mol. The van der Waals surface area contributed by atoms with Gasteiger partial charge in [0.2, 0.25) is 0 Å². The molecule has 0 aliphatic heterocycles. The molecule has 2 rings (SSSR count). The molecule has 72 valence electrons. The van der Waals surface area contributed by atoms with Crippen molar-refractivity contribution >= 4 is 0 Å². The summed E-state index contributed by atoms with van der Waals surface area (Å²) < 4.78 is 2.09. The molecule has 1 N–H and O–H groups in total. The minimum atomic E-state index is -0.446. The van der Waals surface area contributed by atoms with Crippen LogP contribution in [-0.2, 0) is 13.0 Å². The summed E-state index contributed by atoms with van der Waals surface area (Å²) in [5, 5.41) is 9.95. The van der Waals surface area contributed by atoms with Crippen LogP contribution in [0.2, 0.25) is 0 Å². The fourth-order valence-electron chi connectivity index (χ4n) is 1.85. The van der Waals surface area contributed by atoms with Crippen LogP contribution in [-0.4, -0.2) is 20.3 Å². The maximum absolute atomic E-state index is 9.95. The lowest BCUT2D eigenvalue weighted by molar-refractivity contribution is -0.0344. The number of hydrogen-bond acceptors (Lipinski definition) is 2. The van der Waals surface area contributed by atoms with Gasteiger partial charge in [-0.25, -0.2) is 4.98 Å². The molecule has 0 spiro atoms. The predicted molar refractivity (Wildman–Crippen MR) is 50.4 cm³/mol. The Bertz CT molecular complexity index is 289. The van der Waals surface area contributed by atoms with Crippen LogP contribution in [0, 0.1) is 0 Å². The van der Waals surface area contributed by atoms with E-state index in [1.165, 1.54) is 0 Å². The van der Waals surface area contributed by atoms with E-state index >= 15 is 0 Å². The molecule has 1 aromatic rings. The molecule has 13 heavy (non-hydrogen) atoms. The molecular weight excluding hydrogens is 164 g/mol. The highest BCUT2D eigenvalue weighted by atomic mass is 16.3. The molecule has 0 bridgehead atoms. The molecule has 0 aromatic carbocycles. The van der Waals surface area contributed by atoms with Crippen molar-refractivity contribution in [3.05, 3.63) is 18.2 Å². The number of hydrogen-bond donors (Lipinski definition) is 1. The third-order valence-electron chi connectivity index (χ3n) is 2.91. The van der Waals surface area contributed by atoms with Gasteiger partial charge in [-0.1, -0.05) is 0 Å². The topological polar surface area (TPSA) is 38.0 Å². The monoisotopic (exact) mass is 180 g/mol. The average Bonchev–Trinajstić information content (AvgIpc) is 2.49. The van der Waals surface area contributed by atoms with E-state index in [1.54, 1.807) is 6.20 Å². The van der Waals surface area contributed by atoms with Gasteiger partial charge in [-0.15, -0.1) is 0 Å². The van der Waals surface area contributed by atoms with Gasteiger partial charge in [0.1, 0.15) is 5.82 Å². The molecule has 1 fully saturated rings. The number of aryl methyl sites for hydroxylation is 1. The van der Waals surface area contributed by atoms with E-state index in [0.29, 0.717) is 6.42 Å². The van der Waals surface area contributed by atoms with Crippen LogP contribution in [0.25, 0.3) is 0 Å². The SMILES string of the molecule is CCn1ccnc1CC1(O)CCC1. The van der Waals surface area contributed by atoms with Gasteiger partial charge >= 0.3 is 0 Å². The first kappa shape index (κ1) is 8.75. The Morgan fingerprint density at radius 1 is 1.62 bits per heavy atom. The Morgan fingerprint density at radius 2 is 2.38 bits per heavy atom. The quantitative estimate of drug-likeness (QED) is 0.762. The first-order valence-electron chi connectivity index (χ1n) is 4.96. The summed E-state index contributed by atoms with van der Waals surface area (Å²) in [5.74, 6) is 1.02. The highest BCUT2D eigenvalue weighted by molar-refractivity contribution is 5.01. The second-order valence-corrected chi connectivity index (χ2v) is 3.88. The Hall–Kier alpha value is -0.830. The summed E-state index contributed by atoms with van der Waals surface area (Å²) in [7, 11) is 0. The zero-order chi connectivity index (χ0) is 9.31. The molecule has 1 saturated carbocycles. The van der Waals surface area contributed by atoms with E-state index in [1.807, 2.05) is 6.20 Å². The van der Waals surface area contributed by atoms with Gasteiger partial charge in [0.05, 0.1) is 5.60 Å². The van der Waals surface area contributed by atoms with Gasteiger partial charge in [-0.3, -0.25) is 0 Å². The van der Waals surface area contributed by atoms with Crippen LogP contribution in [0.1, 0.15) is 32.0 Å². The van der Waals surface area contributed by atoms with E-state index in [9.17, 15) is 5.11 Å². The molecule has 1 aliphatic carbocycles. The molecule has 0 unspecified atom stereocenters. The van der Waals surface area contributed by atoms with Crippen LogP contribution in [0.3, 0.4) is 0 Å². The van der Waals surface area contributed by atoms with Gasteiger partial charge < -0.3 is 9.67 Å². The Kier molecular flexibility index (Phi) is 2.12. The zero-order valence-corrected chi connectivity index (χ0v) is 8.03. The van der Waals surface area contributed by atoms with Crippen LogP contribution in [0.5, 0.6) is 0 Å². The second-order valence-electron chi connectivity index (χ2n) is 3.88. The molecule has 0 saturated heterocycles. The third-order valence-corrected chi connectivity index (χ3v) is 2.91. The summed E-state index contributed by atoms with van der Waals surface area (Å²) in [6.45, 7) is 3.03. The largest absolute Gasteiger partial charge is 0.389 e. The maximum atomic E-state index is 9.95. The molecule has 1 heterocycles. The number of rotatable bonds is 3. The summed E-state index contributed by atoms with van der Waals surface area (Å²) in [6, 6.07) is 0. The first-order valence-corrected chi connectivity index (χ1v) is 4.96. The third kappa shape index (κ3) is 1.61. The lowest BCUT2D eigenvalue weighted by Crippen LogP contribution is -2.39. The Balaban J connectivity index is 2.08. The van der Waals surface area contributed by atoms with Crippen LogP contribution >= 0.6 is 0 Å². The first-order chi connectivity index (χ1) is 6.23. The Labute approximate surface area is 78.4 Å². The maximum Gasteiger partial charge on any atom is 0.111 e. The number of imidazole rings is 1. The normalized spacial score (nSPS) is 19.8. The molecule has 0 atom stereocenters. The highest BCUT2D eigenvalue weighted by Crippen LogP contribution is 2.34. The Morgan fingerprint density at radius 3 is 2.92 bits per heavy atom. The number of aromatic nitrogens is 2. The molecule has 1 aliphatic rings. The zero-order valence-electron chi connectivity index (χ0n) is 8.03. The smallest absolute Gasteiger partial charge is 0.111 e. The number of aliphatic hydroxyl groups is 1. The van der Waals surface area contributed by atoms with E-state index in [-0.39, 0.29) is 0 Å². The van der Waals surface area contributed by atoms with E-state index in [4.69, 9.17) is 0 Å². The minimum absolute atomic E-state index is 0.446. The summed E-state index contributed by atoms with van der Waals surface area (Å²) in [6.07, 6.45) is 7.52. The van der Waals surface area contributed by atoms with E-state index < -0.39 is 5.60 Å². The molecular formula is C10H16N2O. The van der Waals surface area contributed by atoms with E-state index in [2.05, 4.69) is 16.5 Å². The summed E-state index contributed by atoms with van der Waals surface area (Å²) >= 11 is 0. The van der Waals surface area contributed by atoms with Crippen molar-refractivity contribution in [2.24, 2.45) is 0 Å². The van der Waals surface area contributed by atoms with Crippen LogP contribution in [0.4, 0.5) is 0 Å². The van der Waals surface area contributed by atoms with Gasteiger partial charge in [-0.05, 0) is 26.2 Å². The van der Waals surface area contributed by atoms with Crippen molar-refractivity contribution in [1.29, 1.82) is 0 Å². The van der Waals surface area contributed by atoms with Crippen molar-refractivity contribution in [2.75, 3.05) is 0 Å². The van der Waals surface area contributed by atoms with Crippen molar-refractivity contribution in [2.45, 2.75) is 44.8 Å². The molecule has 3 nitrogen and oxygen atoms in total. The van der Waals surface area contributed by atoms with Gasteiger partial charge in [0.15, 0.2) is 0 Å². The van der Waals surface area contributed by atoms with Gasteiger partial charge in [0, 0.05) is 25.4 Å². The van der Waals surface area contributed by atoms with Crippen molar-refractivity contribution < 1.29 is 5.11 Å². The van der Waals surface area contributed by atoms with Crippen LogP contribution < -0.4 is 0 Å². The van der Waals surface area contributed by atoms with Gasteiger partial charge in [-0.2, -0.15) is 0 Å². The predicted octanol–water partition coefficient (Wildman–Crippen LogP) is 1.36. The minimum Gasteiger partial charge on any atom is -0.389 e. The lowest BCUT2D eigenvalue weighted by atomic mass is 9.78. The summed E-state index contributed by atoms with van der Waals surface area (Å²) in [5.41, 5.74) is -0.446. The molecule has 0 amide bonds. The van der Waals surface area contributed by atoms with E-state index in [0.717, 1.165) is 31.6 Å². The van der Waals surface area contributed by atoms with Crippen LogP contribution in [0.15, 0.2) is 12.4 Å². The van der Waals surface area contributed by atoms with Crippen molar-refractivity contribution in [1.82, 2.24) is 9.55 Å². The molecule has 3 heteroatoms. The lowest BCUT2D eigenvalue weighted by Gasteiger charge is -2.36. The number of nitrogens with zero attached hydrogens (tertiary/aromatic N) is 2. The highest BCUT2D eigenvalue weighted by Gasteiger charge is 2.35. The molecule has 1 aromatic heterocycles. The van der Waals surface area contributed by atoms with Gasteiger partial charge in [0.25, 0.3) is 0 Å².